The first kappa shape index (κ1) is 13.4. The van der Waals surface area contributed by atoms with Gasteiger partial charge in [0.2, 0.25) is 5.95 Å². The number of rotatable bonds is 7. The molecule has 0 spiro atoms. The molecule has 102 valence electrons. The monoisotopic (exact) mass is 263 g/mol. The van der Waals surface area contributed by atoms with Crippen LogP contribution in [0.5, 0.6) is 0 Å². The highest BCUT2D eigenvalue weighted by molar-refractivity contribution is 5.79. The number of carboxylic acids is 1. The van der Waals surface area contributed by atoms with E-state index in [1.165, 1.54) is 0 Å². The van der Waals surface area contributed by atoms with Gasteiger partial charge in [0.25, 0.3) is 0 Å². The Kier molecular flexibility index (Phi) is 4.35. The summed E-state index contributed by atoms with van der Waals surface area (Å²) in [5.41, 5.74) is 1.79. The van der Waals surface area contributed by atoms with Gasteiger partial charge in [-0.05, 0) is 12.1 Å². The molecule has 0 fully saturated rings. The van der Waals surface area contributed by atoms with Gasteiger partial charge in [-0.1, -0.05) is 12.1 Å². The molecule has 0 saturated heterocycles. The molecule has 1 heterocycles. The second-order valence-corrected chi connectivity index (χ2v) is 4.14. The van der Waals surface area contributed by atoms with Crippen LogP contribution in [0.3, 0.4) is 0 Å². The highest BCUT2D eigenvalue weighted by Crippen LogP contribution is 2.19. The number of benzene rings is 1. The summed E-state index contributed by atoms with van der Waals surface area (Å²) >= 11 is 0. The molecule has 0 radical (unpaired) electrons. The molecule has 2 N–H and O–H groups in total. The molecule has 0 bridgehead atoms. The van der Waals surface area contributed by atoms with Crippen LogP contribution >= 0.6 is 0 Å². The van der Waals surface area contributed by atoms with Crippen molar-refractivity contribution >= 4 is 23.0 Å². The van der Waals surface area contributed by atoms with Crippen LogP contribution in [0.2, 0.25) is 0 Å². The maximum atomic E-state index is 10.7. The Balaban J connectivity index is 2.26. The fourth-order valence-corrected chi connectivity index (χ4v) is 1.91. The van der Waals surface area contributed by atoms with Crippen LogP contribution < -0.4 is 5.32 Å². The van der Waals surface area contributed by atoms with E-state index in [4.69, 9.17) is 9.84 Å². The van der Waals surface area contributed by atoms with E-state index in [0.29, 0.717) is 25.6 Å². The first-order valence-corrected chi connectivity index (χ1v) is 6.12. The third kappa shape index (κ3) is 3.23. The minimum absolute atomic E-state index is 0.0688. The maximum absolute atomic E-state index is 10.7. The van der Waals surface area contributed by atoms with Crippen LogP contribution in [0, 0.1) is 0 Å². The van der Waals surface area contributed by atoms with Gasteiger partial charge in [0, 0.05) is 20.2 Å². The van der Waals surface area contributed by atoms with Gasteiger partial charge >= 0.3 is 5.97 Å². The summed E-state index contributed by atoms with van der Waals surface area (Å²) < 4.78 is 6.87. The average molecular weight is 263 g/mol. The van der Waals surface area contributed by atoms with Crippen molar-refractivity contribution in [3.8, 4) is 0 Å². The lowest BCUT2D eigenvalue weighted by molar-refractivity contribution is -0.137. The van der Waals surface area contributed by atoms with Crippen LogP contribution in [-0.4, -0.2) is 40.9 Å². The highest BCUT2D eigenvalue weighted by atomic mass is 16.5. The minimum atomic E-state index is -0.819. The van der Waals surface area contributed by atoms with Crippen molar-refractivity contribution in [2.24, 2.45) is 0 Å². The molecule has 6 heteroatoms. The molecule has 0 unspecified atom stereocenters. The largest absolute Gasteiger partial charge is 0.481 e. The SMILES string of the molecule is COCCNc1nc2ccccc2n1CCC(=O)O. The van der Waals surface area contributed by atoms with Crippen molar-refractivity contribution < 1.29 is 14.6 Å². The first-order chi connectivity index (χ1) is 9.22. The third-order valence-corrected chi connectivity index (χ3v) is 2.79. The first-order valence-electron chi connectivity index (χ1n) is 6.12. The smallest absolute Gasteiger partial charge is 0.305 e. The van der Waals surface area contributed by atoms with Gasteiger partial charge in [-0.3, -0.25) is 4.79 Å². The van der Waals surface area contributed by atoms with Crippen LogP contribution in [0.1, 0.15) is 6.42 Å². The van der Waals surface area contributed by atoms with Crippen LogP contribution in [0.4, 0.5) is 5.95 Å². The van der Waals surface area contributed by atoms with E-state index >= 15 is 0 Å². The van der Waals surface area contributed by atoms with E-state index in [-0.39, 0.29) is 6.42 Å². The number of aliphatic carboxylic acids is 1. The fourth-order valence-electron chi connectivity index (χ4n) is 1.91. The topological polar surface area (TPSA) is 76.4 Å². The molecule has 1 aromatic carbocycles. The Morgan fingerprint density at radius 2 is 2.26 bits per heavy atom. The predicted molar refractivity (Wildman–Crippen MR) is 72.4 cm³/mol. The highest BCUT2D eigenvalue weighted by Gasteiger charge is 2.10. The zero-order valence-electron chi connectivity index (χ0n) is 10.8. The summed E-state index contributed by atoms with van der Waals surface area (Å²) in [6, 6.07) is 7.68. The number of methoxy groups -OCH3 is 1. The number of fused-ring (bicyclic) bond motifs is 1. The molecule has 0 aliphatic heterocycles. The Morgan fingerprint density at radius 1 is 1.47 bits per heavy atom. The number of ether oxygens (including phenoxy) is 1. The van der Waals surface area contributed by atoms with Gasteiger partial charge in [0.15, 0.2) is 0 Å². The summed E-state index contributed by atoms with van der Waals surface area (Å²) in [5, 5.41) is 12.0. The lowest BCUT2D eigenvalue weighted by Crippen LogP contribution is -2.13. The number of nitrogens with one attached hydrogen (secondary N) is 1. The summed E-state index contributed by atoms with van der Waals surface area (Å²) in [6.07, 6.45) is 0.0688. The van der Waals surface area contributed by atoms with E-state index in [1.54, 1.807) is 7.11 Å². The van der Waals surface area contributed by atoms with Gasteiger partial charge in [-0.15, -0.1) is 0 Å². The van der Waals surface area contributed by atoms with Crippen molar-refractivity contribution in [1.82, 2.24) is 9.55 Å². The molecule has 0 aliphatic carbocycles. The molecule has 6 nitrogen and oxygen atoms in total. The number of aromatic nitrogens is 2. The number of anilines is 1. The number of hydrogen-bond donors (Lipinski definition) is 2. The molecular weight excluding hydrogens is 246 g/mol. The number of carbonyl (C=O) groups is 1. The zero-order valence-corrected chi connectivity index (χ0v) is 10.8. The van der Waals surface area contributed by atoms with Crippen LogP contribution in [0.15, 0.2) is 24.3 Å². The minimum Gasteiger partial charge on any atom is -0.481 e. The third-order valence-electron chi connectivity index (χ3n) is 2.79. The lowest BCUT2D eigenvalue weighted by atomic mass is 10.3. The summed E-state index contributed by atoms with van der Waals surface area (Å²) in [5.74, 6) is -0.139. The molecule has 0 aliphatic rings. The van der Waals surface area contributed by atoms with Crippen molar-refractivity contribution in [3.05, 3.63) is 24.3 Å². The molecule has 1 aromatic heterocycles. The quantitative estimate of drug-likeness (QED) is 0.741. The molecular formula is C13H17N3O3. The van der Waals surface area contributed by atoms with Gasteiger partial charge < -0.3 is 19.7 Å². The lowest BCUT2D eigenvalue weighted by Gasteiger charge is -2.09. The molecule has 0 amide bonds. The summed E-state index contributed by atoms with van der Waals surface area (Å²) in [4.78, 5) is 15.2. The maximum Gasteiger partial charge on any atom is 0.305 e. The molecule has 0 atom stereocenters. The summed E-state index contributed by atoms with van der Waals surface area (Å²) in [6.45, 7) is 1.60. The zero-order chi connectivity index (χ0) is 13.7. The van der Waals surface area contributed by atoms with Gasteiger partial charge in [-0.2, -0.15) is 0 Å². The second-order valence-electron chi connectivity index (χ2n) is 4.14. The van der Waals surface area contributed by atoms with Crippen molar-refractivity contribution in [1.29, 1.82) is 0 Å². The van der Waals surface area contributed by atoms with Crippen molar-refractivity contribution in [2.75, 3.05) is 25.6 Å². The Labute approximate surface area is 111 Å². The van der Waals surface area contributed by atoms with Crippen molar-refractivity contribution in [3.63, 3.8) is 0 Å². The molecule has 0 saturated carbocycles. The Morgan fingerprint density at radius 3 is 3.00 bits per heavy atom. The van der Waals surface area contributed by atoms with Crippen molar-refractivity contribution in [2.45, 2.75) is 13.0 Å². The van der Waals surface area contributed by atoms with Gasteiger partial charge in [0.05, 0.1) is 24.1 Å². The second kappa shape index (κ2) is 6.19. The van der Waals surface area contributed by atoms with Gasteiger partial charge in [0.1, 0.15) is 0 Å². The average Bonchev–Trinajstić information content (AvgIpc) is 2.74. The number of hydrogen-bond acceptors (Lipinski definition) is 4. The Bertz CT molecular complexity index is 565. The molecule has 2 rings (SSSR count). The fraction of sp³-hybridized carbons (Fsp3) is 0.385. The number of aryl methyl sites for hydroxylation is 1. The van der Waals surface area contributed by atoms with E-state index in [2.05, 4.69) is 10.3 Å². The van der Waals surface area contributed by atoms with Crippen LogP contribution in [0.25, 0.3) is 11.0 Å². The number of nitrogens with zero attached hydrogens (tertiary/aromatic N) is 2. The Hall–Kier alpha value is -2.08. The molecule has 19 heavy (non-hydrogen) atoms. The number of carboxylic acid groups (broad SMARTS) is 1. The van der Waals surface area contributed by atoms with Gasteiger partial charge in [-0.25, -0.2) is 4.98 Å². The van der Waals surface area contributed by atoms with E-state index in [1.807, 2.05) is 28.8 Å². The number of imidazole rings is 1. The normalized spacial score (nSPS) is 10.8. The van der Waals surface area contributed by atoms with E-state index in [9.17, 15) is 4.79 Å². The van der Waals surface area contributed by atoms with E-state index < -0.39 is 5.97 Å². The summed E-state index contributed by atoms with van der Waals surface area (Å²) in [7, 11) is 1.63. The van der Waals surface area contributed by atoms with E-state index in [0.717, 1.165) is 11.0 Å². The number of para-hydroxylation sites is 2. The predicted octanol–water partition coefficient (Wildman–Crippen LogP) is 1.57. The standard InChI is InChI=1S/C13H17N3O3/c1-19-9-7-14-13-15-10-4-2-3-5-11(10)16(13)8-6-12(17)18/h2-5H,6-9H2,1H3,(H,14,15)(H,17,18). The molecule has 2 aromatic rings. The van der Waals surface area contributed by atoms with Crippen LogP contribution in [-0.2, 0) is 16.1 Å².